The lowest BCUT2D eigenvalue weighted by Crippen LogP contribution is -2.49. The molecule has 10 nitrogen and oxygen atoms in total. The number of hydrogen-bond donors (Lipinski definition) is 1. The van der Waals surface area contributed by atoms with Crippen LogP contribution >= 0.6 is 0 Å². The molecular weight excluding hydrogens is 316 g/mol. The van der Waals surface area contributed by atoms with Crippen molar-refractivity contribution in [2.24, 2.45) is 7.05 Å². The molecule has 132 valence electrons. The molecule has 1 aliphatic heterocycles. The van der Waals surface area contributed by atoms with Crippen LogP contribution in [-0.2, 0) is 28.0 Å². The van der Waals surface area contributed by atoms with Gasteiger partial charge in [-0.2, -0.15) is 0 Å². The third-order valence-corrected chi connectivity index (χ3v) is 3.62. The predicted octanol–water partition coefficient (Wildman–Crippen LogP) is -0.216. The number of piperidine rings is 1. The standard InChI is InChI=1S/C13H21N5O4.CHN/c1-10(19)18(22-8-13(20)21)11-4-3-5-17(6-11)7-12-15-14-9-16(12)2;1-2/h9,11H,3-8H2,1-2H3,(H,20,21);1H. The van der Waals surface area contributed by atoms with Gasteiger partial charge in [0.15, 0.2) is 6.61 Å². The molecule has 1 aromatic rings. The van der Waals surface area contributed by atoms with Crippen molar-refractivity contribution in [3.63, 3.8) is 0 Å². The highest BCUT2D eigenvalue weighted by Crippen LogP contribution is 2.18. The first-order valence-corrected chi connectivity index (χ1v) is 7.43. The van der Waals surface area contributed by atoms with Crippen LogP contribution in [0.25, 0.3) is 0 Å². The normalized spacial score (nSPS) is 17.6. The minimum absolute atomic E-state index is 0.154. The van der Waals surface area contributed by atoms with Gasteiger partial charge in [0.05, 0.1) is 12.6 Å². The van der Waals surface area contributed by atoms with Gasteiger partial charge >= 0.3 is 5.97 Å². The second-order valence-corrected chi connectivity index (χ2v) is 5.40. The fourth-order valence-electron chi connectivity index (χ4n) is 2.59. The van der Waals surface area contributed by atoms with Gasteiger partial charge in [0, 0.05) is 27.1 Å². The van der Waals surface area contributed by atoms with Gasteiger partial charge in [-0.15, -0.1) is 10.2 Å². The second kappa shape index (κ2) is 9.59. The van der Waals surface area contributed by atoms with Gasteiger partial charge in [-0.25, -0.2) is 15.1 Å². The fourth-order valence-corrected chi connectivity index (χ4v) is 2.59. The number of rotatable bonds is 6. The van der Waals surface area contributed by atoms with Crippen LogP contribution < -0.4 is 0 Å². The summed E-state index contributed by atoms with van der Waals surface area (Å²) in [4.78, 5) is 29.6. The average Bonchev–Trinajstić information content (AvgIpc) is 2.94. The highest BCUT2D eigenvalue weighted by atomic mass is 16.7. The SMILES string of the molecule is C#N.CC(=O)N(OCC(=O)O)C1CCCN(Cc2nncn2C)C1. The maximum absolute atomic E-state index is 11.7. The Labute approximate surface area is 140 Å². The summed E-state index contributed by atoms with van der Waals surface area (Å²) in [6, 6.07) is -0.154. The van der Waals surface area contributed by atoms with E-state index in [1.165, 1.54) is 12.0 Å². The van der Waals surface area contributed by atoms with Crippen molar-refractivity contribution in [2.45, 2.75) is 32.4 Å². The van der Waals surface area contributed by atoms with Crippen molar-refractivity contribution >= 4 is 11.9 Å². The third-order valence-electron chi connectivity index (χ3n) is 3.62. The summed E-state index contributed by atoms with van der Waals surface area (Å²) < 4.78 is 1.85. The molecule has 1 aliphatic rings. The van der Waals surface area contributed by atoms with Crippen molar-refractivity contribution in [3.05, 3.63) is 12.2 Å². The number of aryl methyl sites for hydroxylation is 1. The van der Waals surface area contributed by atoms with Crippen molar-refractivity contribution in [2.75, 3.05) is 19.7 Å². The predicted molar refractivity (Wildman–Crippen MR) is 82.1 cm³/mol. The first-order valence-electron chi connectivity index (χ1n) is 7.43. The van der Waals surface area contributed by atoms with Gasteiger partial charge in [-0.05, 0) is 19.4 Å². The number of nitriles is 1. The average molecular weight is 338 g/mol. The van der Waals surface area contributed by atoms with E-state index in [0.717, 1.165) is 25.2 Å². The summed E-state index contributed by atoms with van der Waals surface area (Å²) in [6.07, 6.45) is 3.34. The van der Waals surface area contributed by atoms with E-state index >= 15 is 0 Å². The molecule has 1 atom stereocenters. The summed E-state index contributed by atoms with van der Waals surface area (Å²) in [5.74, 6) is -0.536. The number of aliphatic carboxylic acids is 1. The Morgan fingerprint density at radius 1 is 1.54 bits per heavy atom. The Hall–Kier alpha value is -2.51. The molecule has 2 heterocycles. The van der Waals surface area contributed by atoms with Crippen LogP contribution in [0.1, 0.15) is 25.6 Å². The van der Waals surface area contributed by atoms with Crippen LogP contribution in [0.3, 0.4) is 0 Å². The van der Waals surface area contributed by atoms with Gasteiger partial charge in [-0.1, -0.05) is 0 Å². The first kappa shape index (κ1) is 19.5. The number of carbonyl (C=O) groups is 2. The lowest BCUT2D eigenvalue weighted by molar-refractivity contribution is -0.207. The van der Waals surface area contributed by atoms with E-state index in [9.17, 15) is 9.59 Å². The van der Waals surface area contributed by atoms with Crippen molar-refractivity contribution in [1.82, 2.24) is 24.7 Å². The topological polar surface area (TPSA) is 125 Å². The molecule has 0 aliphatic carbocycles. The maximum Gasteiger partial charge on any atom is 0.332 e. The zero-order valence-electron chi connectivity index (χ0n) is 13.8. The van der Waals surface area contributed by atoms with Gasteiger partial charge in [0.2, 0.25) is 5.91 Å². The first-order chi connectivity index (χ1) is 11.5. The van der Waals surface area contributed by atoms with Crippen LogP contribution in [0.15, 0.2) is 6.33 Å². The monoisotopic (exact) mass is 338 g/mol. The van der Waals surface area contributed by atoms with Gasteiger partial charge in [-0.3, -0.25) is 14.5 Å². The minimum atomic E-state index is -1.10. The van der Waals surface area contributed by atoms with Crippen LogP contribution in [0.4, 0.5) is 0 Å². The van der Waals surface area contributed by atoms with Crippen LogP contribution in [0.5, 0.6) is 0 Å². The molecular formula is C14H22N6O4. The molecule has 1 saturated heterocycles. The molecule has 1 amide bonds. The lowest BCUT2D eigenvalue weighted by Gasteiger charge is -2.37. The Morgan fingerprint density at radius 3 is 2.79 bits per heavy atom. The van der Waals surface area contributed by atoms with Crippen molar-refractivity contribution in [3.8, 4) is 6.57 Å². The lowest BCUT2D eigenvalue weighted by atomic mass is 10.1. The van der Waals surface area contributed by atoms with Crippen LogP contribution in [0.2, 0.25) is 0 Å². The molecule has 1 unspecified atom stereocenters. The molecule has 0 radical (unpaired) electrons. The molecule has 2 rings (SSSR count). The third kappa shape index (κ3) is 5.60. The molecule has 0 bridgehead atoms. The van der Waals surface area contributed by atoms with E-state index in [1.807, 2.05) is 11.6 Å². The van der Waals surface area contributed by atoms with Crippen molar-refractivity contribution in [1.29, 1.82) is 5.26 Å². The number of amides is 1. The zero-order valence-corrected chi connectivity index (χ0v) is 13.8. The summed E-state index contributed by atoms with van der Waals surface area (Å²) in [6.45, 7) is 6.51. The Bertz CT molecular complexity index is 573. The molecule has 1 fully saturated rings. The molecule has 1 aromatic heterocycles. The number of aromatic nitrogens is 3. The molecule has 0 spiro atoms. The van der Waals surface area contributed by atoms with E-state index < -0.39 is 12.6 Å². The summed E-state index contributed by atoms with van der Waals surface area (Å²) in [7, 11) is 1.88. The zero-order chi connectivity index (χ0) is 18.1. The molecule has 1 N–H and O–H groups in total. The number of carbonyl (C=O) groups excluding carboxylic acids is 1. The highest BCUT2D eigenvalue weighted by Gasteiger charge is 2.29. The largest absolute Gasteiger partial charge is 0.479 e. The number of hydroxylamine groups is 2. The summed E-state index contributed by atoms with van der Waals surface area (Å²) in [5.41, 5.74) is 0. The summed E-state index contributed by atoms with van der Waals surface area (Å²) >= 11 is 0. The minimum Gasteiger partial charge on any atom is -0.479 e. The second-order valence-electron chi connectivity index (χ2n) is 5.40. The quantitative estimate of drug-likeness (QED) is 0.706. The van der Waals surface area contributed by atoms with E-state index in [4.69, 9.17) is 15.2 Å². The highest BCUT2D eigenvalue weighted by molar-refractivity contribution is 5.73. The van der Waals surface area contributed by atoms with E-state index in [1.54, 1.807) is 6.33 Å². The number of carboxylic acids is 1. The number of nitrogens with zero attached hydrogens (tertiary/aromatic N) is 6. The fraction of sp³-hybridized carbons (Fsp3) is 0.643. The molecule has 0 aromatic carbocycles. The molecule has 0 saturated carbocycles. The van der Waals surface area contributed by atoms with E-state index in [-0.39, 0.29) is 11.9 Å². The van der Waals surface area contributed by atoms with Crippen LogP contribution in [-0.4, -0.2) is 67.4 Å². The smallest absolute Gasteiger partial charge is 0.332 e. The van der Waals surface area contributed by atoms with E-state index in [0.29, 0.717) is 13.1 Å². The Kier molecular flexibility index (Phi) is 7.81. The maximum atomic E-state index is 11.7. The molecule has 24 heavy (non-hydrogen) atoms. The van der Waals surface area contributed by atoms with Crippen LogP contribution in [0, 0.1) is 11.8 Å². The Morgan fingerprint density at radius 2 is 2.25 bits per heavy atom. The summed E-state index contributed by atoms with van der Waals surface area (Å²) in [5, 5.41) is 24.3. The number of hydrogen-bond acceptors (Lipinski definition) is 7. The Balaban J connectivity index is 0.00000139. The number of carboxylic acid groups (broad SMARTS) is 1. The van der Waals surface area contributed by atoms with Gasteiger partial charge < -0.3 is 9.67 Å². The van der Waals surface area contributed by atoms with Crippen molar-refractivity contribution < 1.29 is 19.5 Å². The van der Waals surface area contributed by atoms with Gasteiger partial charge in [0.1, 0.15) is 12.2 Å². The molecule has 10 heteroatoms. The van der Waals surface area contributed by atoms with Gasteiger partial charge in [0.25, 0.3) is 0 Å². The van der Waals surface area contributed by atoms with E-state index in [2.05, 4.69) is 21.7 Å². The number of likely N-dealkylation sites (tertiary alicyclic amines) is 1.